The van der Waals surface area contributed by atoms with Crippen molar-refractivity contribution < 1.29 is 66.5 Å². The Labute approximate surface area is 209 Å². The summed E-state index contributed by atoms with van der Waals surface area (Å²) >= 11 is 0. The molecule has 0 amide bonds. The van der Waals surface area contributed by atoms with Crippen molar-refractivity contribution in [1.82, 2.24) is 0 Å². The zero-order valence-electron chi connectivity index (χ0n) is 17.6. The SMILES string of the molecule is O=C([O-])Cc1ccc(F)c(Oc2cccc(OC/C=C/c3ccc(C(F)(F)F)cc3)c2)c1.[Na+]. The van der Waals surface area contributed by atoms with Crippen molar-refractivity contribution in [1.29, 1.82) is 0 Å². The Morgan fingerprint density at radius 1 is 0.970 bits per heavy atom. The summed E-state index contributed by atoms with van der Waals surface area (Å²) in [5.74, 6) is -1.38. The van der Waals surface area contributed by atoms with Crippen LogP contribution in [0.1, 0.15) is 16.7 Å². The van der Waals surface area contributed by atoms with E-state index < -0.39 is 23.5 Å². The van der Waals surface area contributed by atoms with E-state index in [1.807, 2.05) is 0 Å². The van der Waals surface area contributed by atoms with Gasteiger partial charge in [-0.1, -0.05) is 30.3 Å². The molecule has 3 rings (SSSR count). The minimum absolute atomic E-state index is 0. The molecule has 0 spiro atoms. The van der Waals surface area contributed by atoms with E-state index in [1.165, 1.54) is 30.3 Å². The van der Waals surface area contributed by atoms with Crippen LogP contribution in [0.2, 0.25) is 0 Å². The number of ether oxygens (including phenoxy) is 2. The largest absolute Gasteiger partial charge is 1.00 e. The Kier molecular flexibility index (Phi) is 9.52. The van der Waals surface area contributed by atoms with Crippen LogP contribution in [0.15, 0.2) is 72.8 Å². The first-order valence-corrected chi connectivity index (χ1v) is 9.43. The van der Waals surface area contributed by atoms with Crippen molar-refractivity contribution in [2.75, 3.05) is 6.61 Å². The molecule has 0 aliphatic rings. The van der Waals surface area contributed by atoms with Crippen LogP contribution in [-0.2, 0) is 17.4 Å². The summed E-state index contributed by atoms with van der Waals surface area (Å²) in [4.78, 5) is 10.7. The van der Waals surface area contributed by atoms with Gasteiger partial charge < -0.3 is 19.4 Å². The van der Waals surface area contributed by atoms with Crippen molar-refractivity contribution in [3.8, 4) is 17.2 Å². The third kappa shape index (κ3) is 8.24. The predicted octanol–water partition coefficient (Wildman–Crippen LogP) is 2.03. The fourth-order valence-electron chi connectivity index (χ4n) is 2.77. The second-order valence-electron chi connectivity index (χ2n) is 6.72. The van der Waals surface area contributed by atoms with Crippen molar-refractivity contribution in [2.45, 2.75) is 12.6 Å². The van der Waals surface area contributed by atoms with Gasteiger partial charge in [-0.2, -0.15) is 13.2 Å². The molecule has 0 saturated heterocycles. The number of carboxylic acids is 1. The molecule has 0 radical (unpaired) electrons. The summed E-state index contributed by atoms with van der Waals surface area (Å²) in [5.41, 5.74) is 0.206. The smallest absolute Gasteiger partial charge is 0.550 e. The standard InChI is InChI=1S/C24H18F4O4.Na/c25-21-11-8-17(14-23(29)30)13-22(21)32-20-5-1-4-19(15-20)31-12-2-3-16-6-9-18(10-7-16)24(26,27)28;/h1-11,13,15H,12,14H2,(H,29,30);/q;+1/p-1/b3-2+;. The molecule has 166 valence electrons. The molecule has 0 unspecified atom stereocenters. The minimum atomic E-state index is -4.38. The normalized spacial score (nSPS) is 11.2. The number of halogens is 4. The van der Waals surface area contributed by atoms with Gasteiger partial charge in [0.15, 0.2) is 11.6 Å². The van der Waals surface area contributed by atoms with Gasteiger partial charge in [-0.05, 0) is 53.6 Å². The topological polar surface area (TPSA) is 58.6 Å². The van der Waals surface area contributed by atoms with Crippen LogP contribution in [0.4, 0.5) is 17.6 Å². The number of carbonyl (C=O) groups excluding carboxylic acids is 1. The Morgan fingerprint density at radius 2 is 1.67 bits per heavy atom. The first kappa shape index (κ1) is 26.4. The molecule has 3 aromatic rings. The van der Waals surface area contributed by atoms with Crippen LogP contribution in [0, 0.1) is 5.82 Å². The number of aliphatic carboxylic acids is 1. The number of hydrogen-bond acceptors (Lipinski definition) is 4. The summed E-state index contributed by atoms with van der Waals surface area (Å²) in [7, 11) is 0. The molecule has 0 aliphatic carbocycles. The van der Waals surface area contributed by atoms with Crippen molar-refractivity contribution in [3.05, 3.63) is 95.3 Å². The number of carbonyl (C=O) groups is 1. The van der Waals surface area contributed by atoms with Crippen LogP contribution >= 0.6 is 0 Å². The van der Waals surface area contributed by atoms with Crippen molar-refractivity contribution in [3.63, 3.8) is 0 Å². The van der Waals surface area contributed by atoms with Crippen molar-refractivity contribution in [2.24, 2.45) is 0 Å². The second kappa shape index (κ2) is 11.9. The van der Waals surface area contributed by atoms with E-state index >= 15 is 0 Å². The number of carboxylic acid groups (broad SMARTS) is 1. The molecular weight excluding hydrogens is 451 g/mol. The average Bonchev–Trinajstić information content (AvgIpc) is 2.73. The van der Waals surface area contributed by atoms with E-state index in [0.29, 0.717) is 16.9 Å². The van der Waals surface area contributed by atoms with Crippen LogP contribution in [0.3, 0.4) is 0 Å². The Balaban J connectivity index is 0.00000385. The van der Waals surface area contributed by atoms with E-state index in [1.54, 1.807) is 30.4 Å². The minimum Gasteiger partial charge on any atom is -0.550 e. The molecule has 0 N–H and O–H groups in total. The van der Waals surface area contributed by atoms with Crippen LogP contribution in [-0.4, -0.2) is 12.6 Å². The van der Waals surface area contributed by atoms with Gasteiger partial charge in [-0.3, -0.25) is 0 Å². The number of benzene rings is 3. The maximum Gasteiger partial charge on any atom is 1.00 e. The Bertz CT molecular complexity index is 1110. The fraction of sp³-hybridized carbons (Fsp3) is 0.125. The van der Waals surface area contributed by atoms with E-state index in [2.05, 4.69) is 0 Å². The number of alkyl halides is 3. The molecule has 9 heteroatoms. The van der Waals surface area contributed by atoms with Gasteiger partial charge in [0, 0.05) is 18.5 Å². The zero-order chi connectivity index (χ0) is 23.1. The summed E-state index contributed by atoms with van der Waals surface area (Å²) in [5, 5.41) is 10.7. The maximum absolute atomic E-state index is 14.0. The summed E-state index contributed by atoms with van der Waals surface area (Å²) in [6.45, 7) is 0.139. The quantitative estimate of drug-likeness (QED) is 0.375. The molecule has 3 aromatic carbocycles. The summed E-state index contributed by atoms with van der Waals surface area (Å²) < 4.78 is 62.8. The maximum atomic E-state index is 14.0. The third-order valence-electron chi connectivity index (χ3n) is 4.27. The first-order valence-electron chi connectivity index (χ1n) is 9.43. The van der Waals surface area contributed by atoms with E-state index in [9.17, 15) is 27.5 Å². The molecule has 0 atom stereocenters. The molecule has 0 saturated carbocycles. The van der Waals surface area contributed by atoms with Gasteiger partial charge in [0.05, 0.1) is 5.56 Å². The van der Waals surface area contributed by atoms with Gasteiger partial charge in [-0.25, -0.2) is 4.39 Å². The van der Waals surface area contributed by atoms with Crippen LogP contribution in [0.25, 0.3) is 6.08 Å². The van der Waals surface area contributed by atoms with Gasteiger partial charge in [0.2, 0.25) is 0 Å². The molecular formula is C24H17F4NaO4. The Hall–Kier alpha value is -2.81. The molecule has 0 fully saturated rings. The molecule has 4 nitrogen and oxygen atoms in total. The Morgan fingerprint density at radius 3 is 2.33 bits per heavy atom. The van der Waals surface area contributed by atoms with E-state index in [-0.39, 0.29) is 54.1 Å². The van der Waals surface area contributed by atoms with Gasteiger partial charge in [-0.15, -0.1) is 0 Å². The van der Waals surface area contributed by atoms with E-state index in [0.717, 1.165) is 18.2 Å². The van der Waals surface area contributed by atoms with Gasteiger partial charge >= 0.3 is 35.7 Å². The summed E-state index contributed by atoms with van der Waals surface area (Å²) in [6, 6.07) is 14.8. The molecule has 0 aliphatic heterocycles. The van der Waals surface area contributed by atoms with Gasteiger partial charge in [0.25, 0.3) is 0 Å². The number of hydrogen-bond donors (Lipinski definition) is 0. The van der Waals surface area contributed by atoms with E-state index in [4.69, 9.17) is 9.47 Å². The average molecular weight is 468 g/mol. The third-order valence-corrected chi connectivity index (χ3v) is 4.27. The predicted molar refractivity (Wildman–Crippen MR) is 108 cm³/mol. The fourth-order valence-corrected chi connectivity index (χ4v) is 2.77. The van der Waals surface area contributed by atoms with Crippen LogP contribution in [0.5, 0.6) is 17.2 Å². The summed E-state index contributed by atoms with van der Waals surface area (Å²) in [6.07, 6.45) is -1.49. The first-order chi connectivity index (χ1) is 15.2. The molecule has 0 aromatic heterocycles. The van der Waals surface area contributed by atoms with Gasteiger partial charge in [0.1, 0.15) is 18.1 Å². The second-order valence-corrected chi connectivity index (χ2v) is 6.72. The molecule has 33 heavy (non-hydrogen) atoms. The molecule has 0 bridgehead atoms. The van der Waals surface area contributed by atoms with Crippen molar-refractivity contribution >= 4 is 12.0 Å². The van der Waals surface area contributed by atoms with Crippen LogP contribution < -0.4 is 44.1 Å². The monoisotopic (exact) mass is 468 g/mol. The molecule has 0 heterocycles. The zero-order valence-corrected chi connectivity index (χ0v) is 19.6. The number of rotatable bonds is 8.